The smallest absolute Gasteiger partial charge is 0.344 e. The Bertz CT molecular complexity index is 1660. The number of esters is 1. The molecule has 11 heteroatoms. The summed E-state index contributed by atoms with van der Waals surface area (Å²) in [5.41, 5.74) is 5.44. The van der Waals surface area contributed by atoms with Crippen LogP contribution in [0.2, 0.25) is 5.02 Å². The minimum Gasteiger partial charge on any atom is -0.467 e. The molecule has 3 N–H and O–H groups in total. The Kier molecular flexibility index (Phi) is 9.12. The summed E-state index contributed by atoms with van der Waals surface area (Å²) in [5, 5.41) is 8.33. The van der Waals surface area contributed by atoms with Gasteiger partial charge in [0, 0.05) is 24.3 Å². The van der Waals surface area contributed by atoms with E-state index in [-0.39, 0.29) is 28.8 Å². The monoisotopic (exact) mass is 623 g/mol. The fourth-order valence-electron chi connectivity index (χ4n) is 5.33. The van der Waals surface area contributed by atoms with Gasteiger partial charge in [-0.15, -0.1) is 0 Å². The van der Waals surface area contributed by atoms with Gasteiger partial charge in [-0.25, -0.2) is 18.4 Å². The maximum atomic E-state index is 13.3. The number of hydrogen-bond acceptors (Lipinski definition) is 7. The largest absolute Gasteiger partial charge is 0.467 e. The number of para-hydroxylation sites is 2. The number of quaternary nitrogens is 1. The highest BCUT2D eigenvalue weighted by molar-refractivity contribution is 7.89. The lowest BCUT2D eigenvalue weighted by molar-refractivity contribution is -0.907. The Hall–Kier alpha value is -3.83. The molecule has 0 bridgehead atoms. The molecule has 0 saturated carbocycles. The van der Waals surface area contributed by atoms with Crippen molar-refractivity contribution in [1.29, 1.82) is 0 Å². The van der Waals surface area contributed by atoms with E-state index in [4.69, 9.17) is 25.9 Å². The molecule has 1 aliphatic rings. The van der Waals surface area contributed by atoms with Crippen LogP contribution in [0.4, 0.5) is 17.1 Å². The molecule has 0 saturated heterocycles. The molecule has 1 aromatic heterocycles. The molecule has 3 aromatic carbocycles. The number of aryl methyl sites for hydroxylation is 2. The first kappa shape index (κ1) is 30.6. The molecule has 9 nitrogen and oxygen atoms in total. The van der Waals surface area contributed by atoms with Gasteiger partial charge in [0.05, 0.1) is 49.7 Å². The number of sulfonamides is 1. The molecular formula is C32H36ClN4O5S+. The molecule has 0 amide bonds. The van der Waals surface area contributed by atoms with Crippen LogP contribution in [0.1, 0.15) is 33.7 Å². The molecule has 0 spiro atoms. The van der Waals surface area contributed by atoms with E-state index in [1.165, 1.54) is 34.8 Å². The number of fused-ring (bicyclic) bond motifs is 2. The number of rotatable bonds is 11. The number of nitrogens with two attached hydrogens (primary N) is 1. The molecule has 0 aliphatic carbocycles. The van der Waals surface area contributed by atoms with E-state index >= 15 is 0 Å². The van der Waals surface area contributed by atoms with E-state index in [9.17, 15) is 13.2 Å². The number of primary sulfonamides is 1. The van der Waals surface area contributed by atoms with Crippen molar-refractivity contribution in [2.75, 3.05) is 44.1 Å². The number of nitrogens with zero attached hydrogens (tertiary/aromatic N) is 2. The molecule has 226 valence electrons. The van der Waals surface area contributed by atoms with Gasteiger partial charge in [0.25, 0.3) is 0 Å². The van der Waals surface area contributed by atoms with Crippen LogP contribution in [0.5, 0.6) is 0 Å². The lowest BCUT2D eigenvalue weighted by Crippen LogP contribution is -2.44. The third kappa shape index (κ3) is 7.40. The van der Waals surface area contributed by atoms with Crippen LogP contribution in [-0.4, -0.2) is 52.8 Å². The average Bonchev–Trinajstić information content (AvgIpc) is 3.44. The fraction of sp³-hybridized carbons (Fsp3) is 0.281. The molecule has 1 aliphatic heterocycles. The van der Waals surface area contributed by atoms with Crippen molar-refractivity contribution < 1.29 is 26.8 Å². The van der Waals surface area contributed by atoms with Gasteiger partial charge in [0.2, 0.25) is 16.8 Å². The van der Waals surface area contributed by atoms with Gasteiger partial charge in [-0.05, 0) is 60.4 Å². The van der Waals surface area contributed by atoms with Crippen LogP contribution in [-0.2, 0) is 34.1 Å². The third-order valence-electron chi connectivity index (χ3n) is 7.55. The van der Waals surface area contributed by atoms with Crippen molar-refractivity contribution in [3.8, 4) is 0 Å². The average molecular weight is 624 g/mol. The van der Waals surface area contributed by atoms with Crippen LogP contribution in [0, 0.1) is 0 Å². The molecule has 5 rings (SSSR count). The van der Waals surface area contributed by atoms with E-state index in [0.717, 1.165) is 38.4 Å². The Morgan fingerprint density at radius 1 is 1.02 bits per heavy atom. The lowest BCUT2D eigenvalue weighted by atomic mass is 10.0. The van der Waals surface area contributed by atoms with Crippen molar-refractivity contribution in [1.82, 2.24) is 0 Å². The highest BCUT2D eigenvalue weighted by atomic mass is 35.5. The van der Waals surface area contributed by atoms with E-state index in [1.54, 1.807) is 12.1 Å². The second-order valence-corrected chi connectivity index (χ2v) is 13.2. The second-order valence-electron chi connectivity index (χ2n) is 11.3. The molecule has 0 radical (unpaired) electrons. The predicted octanol–water partition coefficient (Wildman–Crippen LogP) is 5.71. The zero-order chi connectivity index (χ0) is 30.6. The number of nitrogens with one attached hydrogen (secondary N) is 1. The van der Waals surface area contributed by atoms with Gasteiger partial charge in [-0.1, -0.05) is 48.0 Å². The zero-order valence-electron chi connectivity index (χ0n) is 24.3. The highest BCUT2D eigenvalue weighted by Gasteiger charge is 2.25. The topological polar surface area (TPSA) is 115 Å². The summed E-state index contributed by atoms with van der Waals surface area (Å²) in [6.45, 7) is 1.87. The highest BCUT2D eigenvalue weighted by Crippen LogP contribution is 2.36. The minimum absolute atomic E-state index is 0.0118. The number of ether oxygens (including phenoxy) is 1. The van der Waals surface area contributed by atoms with E-state index in [1.807, 2.05) is 14.1 Å². The summed E-state index contributed by atoms with van der Waals surface area (Å²) < 4.78 is 35.7. The summed E-state index contributed by atoms with van der Waals surface area (Å²) in [6, 6.07) is 23.1. The van der Waals surface area contributed by atoms with E-state index in [2.05, 4.69) is 58.7 Å². The maximum Gasteiger partial charge on any atom is 0.344 e. The molecule has 0 atom stereocenters. The van der Waals surface area contributed by atoms with Crippen molar-refractivity contribution in [2.24, 2.45) is 5.14 Å². The zero-order valence-corrected chi connectivity index (χ0v) is 25.8. The third-order valence-corrected chi connectivity index (χ3v) is 8.93. The van der Waals surface area contributed by atoms with Gasteiger partial charge < -0.3 is 19.4 Å². The van der Waals surface area contributed by atoms with Gasteiger partial charge in [-0.2, -0.15) is 0 Å². The number of carbonyl (C=O) groups excluding carboxylic acids is 1. The lowest BCUT2D eigenvalue weighted by Gasteiger charge is -2.31. The first-order valence-electron chi connectivity index (χ1n) is 14.1. The Morgan fingerprint density at radius 2 is 1.67 bits per heavy atom. The van der Waals surface area contributed by atoms with Crippen LogP contribution >= 0.6 is 11.6 Å². The molecule has 43 heavy (non-hydrogen) atoms. The molecule has 2 heterocycles. The molecule has 0 unspecified atom stereocenters. The number of carbonyl (C=O) groups is 1. The van der Waals surface area contributed by atoms with Crippen LogP contribution in [0.15, 0.2) is 88.4 Å². The van der Waals surface area contributed by atoms with Crippen molar-refractivity contribution in [3.63, 3.8) is 0 Å². The van der Waals surface area contributed by atoms with Crippen molar-refractivity contribution in [2.45, 2.75) is 30.7 Å². The SMILES string of the molecule is C[N+](C)(CCCN1c2ccccc2CCc2ccccc21)COC(=O)c1cc(S(N)(=O)=O)c(Cl)cc1NCc1ccco1. The van der Waals surface area contributed by atoms with Gasteiger partial charge in [0.1, 0.15) is 10.7 Å². The van der Waals surface area contributed by atoms with Crippen LogP contribution in [0.25, 0.3) is 0 Å². The number of hydrogen-bond donors (Lipinski definition) is 2. The summed E-state index contributed by atoms with van der Waals surface area (Å²) in [6.07, 6.45) is 4.38. The van der Waals surface area contributed by atoms with E-state index in [0.29, 0.717) is 15.9 Å². The molecule has 4 aromatic rings. The maximum absolute atomic E-state index is 13.3. The van der Waals surface area contributed by atoms with Gasteiger partial charge in [0.15, 0.2) is 0 Å². The summed E-state index contributed by atoms with van der Waals surface area (Å²) >= 11 is 6.21. The van der Waals surface area contributed by atoms with Gasteiger partial charge >= 0.3 is 5.97 Å². The van der Waals surface area contributed by atoms with Crippen LogP contribution in [0.3, 0.4) is 0 Å². The number of benzene rings is 3. The van der Waals surface area contributed by atoms with Crippen LogP contribution < -0.4 is 15.4 Å². The Balaban J connectivity index is 1.27. The Labute approximate surface area is 257 Å². The second kappa shape index (κ2) is 12.8. The predicted molar refractivity (Wildman–Crippen MR) is 168 cm³/mol. The summed E-state index contributed by atoms with van der Waals surface area (Å²) in [7, 11) is -0.187. The standard InChI is InChI=1S/C32H35ClN4O5S/c1-37(2,17-8-16-36-29-12-5-3-9-23(29)14-15-24-10-4-6-13-30(24)36)22-42-32(38)26-19-31(43(34,39)40)27(33)20-28(26)35-21-25-11-7-18-41-25/h3-7,9-13,18-20H,8,14-17,21-22H2,1-2H3,(H2-,34,35,38,39,40)/p+1. The first-order chi connectivity index (χ1) is 20.5. The fourth-order valence-corrected chi connectivity index (χ4v) is 6.42. The van der Waals surface area contributed by atoms with Crippen molar-refractivity contribution in [3.05, 3.63) is 107 Å². The minimum atomic E-state index is -4.17. The van der Waals surface area contributed by atoms with Gasteiger partial charge in [-0.3, -0.25) is 4.48 Å². The molecular weight excluding hydrogens is 588 g/mol. The summed E-state index contributed by atoms with van der Waals surface area (Å²) in [4.78, 5) is 15.4. The van der Waals surface area contributed by atoms with Crippen molar-refractivity contribution >= 4 is 44.7 Å². The summed E-state index contributed by atoms with van der Waals surface area (Å²) in [5.74, 6) is -0.0662. The quantitative estimate of drug-likeness (QED) is 0.125. The first-order valence-corrected chi connectivity index (χ1v) is 16.0. The number of furan rings is 1. The Morgan fingerprint density at radius 3 is 2.28 bits per heavy atom. The molecule has 0 fully saturated rings. The number of anilines is 3. The number of halogens is 1. The van der Waals surface area contributed by atoms with E-state index < -0.39 is 16.0 Å². The normalized spacial score (nSPS) is 13.2.